The van der Waals surface area contributed by atoms with Crippen LogP contribution in [0.1, 0.15) is 27.2 Å². The molecule has 0 saturated heterocycles. The number of hydrogen-bond acceptors (Lipinski definition) is 3. The van der Waals surface area contributed by atoms with Gasteiger partial charge in [0.1, 0.15) is 11.6 Å². The van der Waals surface area contributed by atoms with E-state index < -0.39 is 5.97 Å². The summed E-state index contributed by atoms with van der Waals surface area (Å²) in [6.07, 6.45) is 1.94. The second-order valence-corrected chi connectivity index (χ2v) is 8.23. The number of aromatic carboxylic acids is 1. The predicted octanol–water partition coefficient (Wildman–Crippen LogP) is 5.92. The predicted molar refractivity (Wildman–Crippen MR) is 123 cm³/mol. The van der Waals surface area contributed by atoms with Crippen molar-refractivity contribution in [2.45, 2.75) is 19.8 Å². The van der Waals surface area contributed by atoms with Crippen LogP contribution in [0.5, 0.6) is 0 Å². The molecule has 0 unspecified atom stereocenters. The number of carbonyl (C=O) groups is 1. The zero-order valence-electron chi connectivity index (χ0n) is 17.0. The summed E-state index contributed by atoms with van der Waals surface area (Å²) in [6.45, 7) is 1.21. The molecule has 0 aliphatic carbocycles. The van der Waals surface area contributed by atoms with E-state index in [1.165, 1.54) is 12.1 Å². The van der Waals surface area contributed by atoms with Crippen LogP contribution in [0.2, 0.25) is 0 Å². The van der Waals surface area contributed by atoms with Crippen molar-refractivity contribution in [2.75, 3.05) is 0 Å². The zero-order chi connectivity index (χ0) is 22.5. The molecular weight excluding hydrogens is 475 g/mol. The maximum absolute atomic E-state index is 13.1. The molecule has 162 valence electrons. The normalized spacial score (nSPS) is 10.9. The molecule has 4 aromatic rings. The Balaban J connectivity index is 1.54. The summed E-state index contributed by atoms with van der Waals surface area (Å²) >= 11 is 3.46. The van der Waals surface area contributed by atoms with Gasteiger partial charge in [-0.05, 0) is 47.5 Å². The Kier molecular flexibility index (Phi) is 6.78. The molecule has 32 heavy (non-hydrogen) atoms. The molecule has 5 nitrogen and oxygen atoms in total. The molecule has 0 bridgehead atoms. The molecular formula is C25H20BrFN2O3. The van der Waals surface area contributed by atoms with Crippen LogP contribution in [0, 0.1) is 5.82 Å². The first-order valence-electron chi connectivity index (χ1n) is 9.94. The molecule has 0 aliphatic rings. The molecule has 0 aliphatic heterocycles. The summed E-state index contributed by atoms with van der Waals surface area (Å²) in [7, 11) is 0. The van der Waals surface area contributed by atoms with Gasteiger partial charge in [0.25, 0.3) is 0 Å². The van der Waals surface area contributed by atoms with Gasteiger partial charge in [0.2, 0.25) is 0 Å². The standard InChI is InChI=1S/C25H20BrFN2O3/c26-21-9-7-19(8-10-21)24-28-23(16-32-15-18-3-11-22(27)12-4-18)14-29(24)13-17-1-5-20(6-2-17)25(30)31/h1-12,14H,13,15-16H2,(H,30,31). The van der Waals surface area contributed by atoms with Gasteiger partial charge in [-0.3, -0.25) is 0 Å². The first-order valence-corrected chi connectivity index (χ1v) is 10.7. The van der Waals surface area contributed by atoms with Gasteiger partial charge < -0.3 is 14.4 Å². The number of carboxylic acids is 1. The highest BCUT2D eigenvalue weighted by molar-refractivity contribution is 9.10. The van der Waals surface area contributed by atoms with Crippen molar-refractivity contribution in [1.82, 2.24) is 9.55 Å². The van der Waals surface area contributed by atoms with Crippen LogP contribution in [0.3, 0.4) is 0 Å². The average Bonchev–Trinajstić information content (AvgIpc) is 3.18. The fraction of sp³-hybridized carbons (Fsp3) is 0.120. The number of nitrogens with zero attached hydrogens (tertiary/aromatic N) is 2. The Labute approximate surface area is 193 Å². The minimum absolute atomic E-state index is 0.252. The van der Waals surface area contributed by atoms with Gasteiger partial charge in [0, 0.05) is 22.8 Å². The highest BCUT2D eigenvalue weighted by atomic mass is 79.9. The molecule has 0 radical (unpaired) electrons. The highest BCUT2D eigenvalue weighted by Crippen LogP contribution is 2.23. The molecule has 0 amide bonds. The van der Waals surface area contributed by atoms with Crippen LogP contribution in [-0.2, 0) is 24.5 Å². The van der Waals surface area contributed by atoms with Crippen molar-refractivity contribution in [3.05, 3.63) is 112 Å². The van der Waals surface area contributed by atoms with Gasteiger partial charge in [-0.15, -0.1) is 0 Å². The Morgan fingerprint density at radius 1 is 0.938 bits per heavy atom. The van der Waals surface area contributed by atoms with Gasteiger partial charge in [-0.2, -0.15) is 0 Å². The topological polar surface area (TPSA) is 64.3 Å². The Morgan fingerprint density at radius 2 is 1.59 bits per heavy atom. The molecule has 1 heterocycles. The molecule has 1 N–H and O–H groups in total. The summed E-state index contributed by atoms with van der Waals surface area (Å²) in [5.74, 6) is -0.432. The quantitative estimate of drug-likeness (QED) is 0.330. The van der Waals surface area contributed by atoms with Gasteiger partial charge in [-0.1, -0.05) is 52.3 Å². The summed E-state index contributed by atoms with van der Waals surface area (Å²) in [6, 6.07) is 20.9. The van der Waals surface area contributed by atoms with Crippen LogP contribution < -0.4 is 0 Å². The number of ether oxygens (including phenoxy) is 1. The Morgan fingerprint density at radius 3 is 2.25 bits per heavy atom. The fourth-order valence-electron chi connectivity index (χ4n) is 3.29. The lowest BCUT2D eigenvalue weighted by molar-refractivity contribution is 0.0697. The summed E-state index contributed by atoms with van der Waals surface area (Å²) in [5.41, 5.74) is 3.83. The number of halogens is 2. The zero-order valence-corrected chi connectivity index (χ0v) is 18.6. The third kappa shape index (κ3) is 5.49. The van der Waals surface area contributed by atoms with Crippen LogP contribution in [0.15, 0.2) is 83.5 Å². The largest absolute Gasteiger partial charge is 0.478 e. The summed E-state index contributed by atoms with van der Waals surface area (Å²) in [5, 5.41) is 9.11. The molecule has 0 saturated carbocycles. The van der Waals surface area contributed by atoms with E-state index in [9.17, 15) is 9.18 Å². The van der Waals surface area contributed by atoms with E-state index in [0.29, 0.717) is 19.8 Å². The Hall–Kier alpha value is -3.29. The van der Waals surface area contributed by atoms with Gasteiger partial charge in [-0.25, -0.2) is 14.2 Å². The third-order valence-corrected chi connectivity index (χ3v) is 5.44. The monoisotopic (exact) mass is 494 g/mol. The number of imidazole rings is 1. The summed E-state index contributed by atoms with van der Waals surface area (Å²) in [4.78, 5) is 15.9. The average molecular weight is 495 g/mol. The Bertz CT molecular complexity index is 1200. The summed E-state index contributed by atoms with van der Waals surface area (Å²) < 4.78 is 21.9. The number of carboxylic acid groups (broad SMARTS) is 1. The highest BCUT2D eigenvalue weighted by Gasteiger charge is 2.12. The minimum Gasteiger partial charge on any atom is -0.478 e. The van der Waals surface area contributed by atoms with E-state index in [2.05, 4.69) is 15.9 Å². The second-order valence-electron chi connectivity index (χ2n) is 7.31. The van der Waals surface area contributed by atoms with Gasteiger partial charge in [0.15, 0.2) is 0 Å². The van der Waals surface area contributed by atoms with Crippen molar-refractivity contribution in [1.29, 1.82) is 0 Å². The number of benzene rings is 3. The number of aromatic nitrogens is 2. The maximum Gasteiger partial charge on any atom is 0.335 e. The van der Waals surface area contributed by atoms with E-state index in [4.69, 9.17) is 14.8 Å². The number of hydrogen-bond donors (Lipinski definition) is 1. The van der Waals surface area contributed by atoms with Crippen molar-refractivity contribution in [3.8, 4) is 11.4 Å². The van der Waals surface area contributed by atoms with E-state index in [0.717, 1.165) is 32.7 Å². The molecule has 4 rings (SSSR count). The van der Waals surface area contributed by atoms with Gasteiger partial charge in [0.05, 0.1) is 24.5 Å². The minimum atomic E-state index is -0.949. The maximum atomic E-state index is 13.1. The van der Waals surface area contributed by atoms with Crippen LogP contribution >= 0.6 is 15.9 Å². The van der Waals surface area contributed by atoms with E-state index in [1.54, 1.807) is 36.4 Å². The lowest BCUT2D eigenvalue weighted by atomic mass is 10.1. The first kappa shape index (κ1) is 21.9. The lowest BCUT2D eigenvalue weighted by Crippen LogP contribution is -2.02. The smallest absolute Gasteiger partial charge is 0.335 e. The molecule has 0 fully saturated rings. The van der Waals surface area contributed by atoms with Crippen LogP contribution in [0.4, 0.5) is 4.39 Å². The van der Waals surface area contributed by atoms with Crippen molar-refractivity contribution >= 4 is 21.9 Å². The second kappa shape index (κ2) is 9.89. The number of rotatable bonds is 8. The van der Waals surface area contributed by atoms with Crippen molar-refractivity contribution < 1.29 is 19.0 Å². The van der Waals surface area contributed by atoms with E-state index in [1.807, 2.05) is 35.0 Å². The first-order chi connectivity index (χ1) is 15.5. The fourth-order valence-corrected chi connectivity index (χ4v) is 3.56. The third-order valence-electron chi connectivity index (χ3n) is 4.91. The van der Waals surface area contributed by atoms with Crippen molar-refractivity contribution in [2.24, 2.45) is 0 Å². The lowest BCUT2D eigenvalue weighted by Gasteiger charge is -2.08. The van der Waals surface area contributed by atoms with Crippen molar-refractivity contribution in [3.63, 3.8) is 0 Å². The van der Waals surface area contributed by atoms with Crippen LogP contribution in [0.25, 0.3) is 11.4 Å². The molecule has 1 aromatic heterocycles. The molecule has 7 heteroatoms. The SMILES string of the molecule is O=C(O)c1ccc(Cn2cc(COCc3ccc(F)cc3)nc2-c2ccc(Br)cc2)cc1. The van der Waals surface area contributed by atoms with Crippen LogP contribution in [-0.4, -0.2) is 20.6 Å². The van der Waals surface area contributed by atoms with E-state index in [-0.39, 0.29) is 11.4 Å². The molecule has 0 atom stereocenters. The molecule has 0 spiro atoms. The van der Waals surface area contributed by atoms with E-state index >= 15 is 0 Å². The molecule has 3 aromatic carbocycles. The van der Waals surface area contributed by atoms with Gasteiger partial charge >= 0.3 is 5.97 Å².